The van der Waals surface area contributed by atoms with Crippen LogP contribution >= 0.6 is 0 Å². The number of hydrogen-bond donors (Lipinski definition) is 3. The van der Waals surface area contributed by atoms with Gasteiger partial charge in [0.25, 0.3) is 0 Å². The third kappa shape index (κ3) is 3.88. The molecule has 0 aliphatic rings. The standard InChI is InChI=1S/C12H16N2O3/c1-8-3-4-9(2)10(7-8)14-12(17)11(16)13-5-6-15/h3-4,7,15H,5-6H2,1-2H3,(H,13,16)(H,14,17). The quantitative estimate of drug-likeness (QED) is 0.663. The van der Waals surface area contributed by atoms with E-state index in [4.69, 9.17) is 5.11 Å². The molecule has 92 valence electrons. The molecule has 0 radical (unpaired) electrons. The van der Waals surface area contributed by atoms with Gasteiger partial charge < -0.3 is 15.7 Å². The zero-order valence-electron chi connectivity index (χ0n) is 9.91. The summed E-state index contributed by atoms with van der Waals surface area (Å²) in [7, 11) is 0. The van der Waals surface area contributed by atoms with Gasteiger partial charge in [0.2, 0.25) is 0 Å². The van der Waals surface area contributed by atoms with E-state index in [1.807, 2.05) is 26.0 Å². The van der Waals surface area contributed by atoms with Gasteiger partial charge in [-0.3, -0.25) is 9.59 Å². The molecule has 1 aromatic rings. The van der Waals surface area contributed by atoms with Gasteiger partial charge in [0.1, 0.15) is 0 Å². The average molecular weight is 236 g/mol. The number of nitrogens with one attached hydrogen (secondary N) is 2. The lowest BCUT2D eigenvalue weighted by atomic mass is 10.1. The molecule has 0 aromatic heterocycles. The summed E-state index contributed by atoms with van der Waals surface area (Å²) in [4.78, 5) is 22.7. The van der Waals surface area contributed by atoms with E-state index >= 15 is 0 Å². The van der Waals surface area contributed by atoms with Crippen molar-refractivity contribution in [3.63, 3.8) is 0 Å². The minimum atomic E-state index is -0.750. The van der Waals surface area contributed by atoms with Crippen LogP contribution in [-0.2, 0) is 9.59 Å². The minimum Gasteiger partial charge on any atom is -0.395 e. The maximum atomic E-state index is 11.5. The molecule has 0 saturated carbocycles. The molecule has 0 heterocycles. The number of aryl methyl sites for hydroxylation is 2. The molecule has 0 bridgehead atoms. The molecule has 1 rings (SSSR count). The van der Waals surface area contributed by atoms with Crippen molar-refractivity contribution in [3.8, 4) is 0 Å². The van der Waals surface area contributed by atoms with Crippen LogP contribution in [0.1, 0.15) is 11.1 Å². The molecule has 5 nitrogen and oxygen atoms in total. The second kappa shape index (κ2) is 6.00. The van der Waals surface area contributed by atoms with Gasteiger partial charge in [-0.15, -0.1) is 0 Å². The molecule has 0 saturated heterocycles. The lowest BCUT2D eigenvalue weighted by Gasteiger charge is -2.09. The second-order valence-electron chi connectivity index (χ2n) is 3.75. The van der Waals surface area contributed by atoms with Crippen LogP contribution in [0.5, 0.6) is 0 Å². The Kier molecular flexibility index (Phi) is 4.66. The summed E-state index contributed by atoms with van der Waals surface area (Å²) >= 11 is 0. The van der Waals surface area contributed by atoms with E-state index in [1.165, 1.54) is 0 Å². The summed E-state index contributed by atoms with van der Waals surface area (Å²) in [6.45, 7) is 3.63. The van der Waals surface area contributed by atoms with E-state index in [2.05, 4.69) is 10.6 Å². The molecular weight excluding hydrogens is 220 g/mol. The number of carbonyl (C=O) groups excluding carboxylic acids is 2. The van der Waals surface area contributed by atoms with Crippen molar-refractivity contribution in [1.82, 2.24) is 5.32 Å². The van der Waals surface area contributed by atoms with Crippen LogP contribution in [-0.4, -0.2) is 30.1 Å². The molecular formula is C12H16N2O3. The third-order valence-electron chi connectivity index (χ3n) is 2.24. The first kappa shape index (κ1) is 13.2. The van der Waals surface area contributed by atoms with E-state index in [-0.39, 0.29) is 13.2 Å². The van der Waals surface area contributed by atoms with Crippen molar-refractivity contribution in [2.75, 3.05) is 18.5 Å². The first-order chi connectivity index (χ1) is 8.04. The number of benzene rings is 1. The monoisotopic (exact) mass is 236 g/mol. The second-order valence-corrected chi connectivity index (χ2v) is 3.75. The Bertz CT molecular complexity index is 430. The lowest BCUT2D eigenvalue weighted by molar-refractivity contribution is -0.136. The number of carbonyl (C=O) groups is 2. The minimum absolute atomic E-state index is 0.0685. The van der Waals surface area contributed by atoms with Crippen LogP contribution in [0.2, 0.25) is 0 Å². The highest BCUT2D eigenvalue weighted by Crippen LogP contribution is 2.15. The summed E-state index contributed by atoms with van der Waals surface area (Å²) < 4.78 is 0. The van der Waals surface area contributed by atoms with E-state index < -0.39 is 11.8 Å². The Balaban J connectivity index is 2.67. The van der Waals surface area contributed by atoms with Crippen LogP contribution in [0.4, 0.5) is 5.69 Å². The number of amides is 2. The Morgan fingerprint density at radius 3 is 2.59 bits per heavy atom. The number of aliphatic hydroxyl groups excluding tert-OH is 1. The summed E-state index contributed by atoms with van der Waals surface area (Å²) in [5.41, 5.74) is 2.51. The predicted molar refractivity (Wildman–Crippen MR) is 64.6 cm³/mol. The van der Waals surface area contributed by atoms with E-state index in [0.717, 1.165) is 11.1 Å². The molecule has 17 heavy (non-hydrogen) atoms. The SMILES string of the molecule is Cc1ccc(C)c(NC(=O)C(=O)NCCO)c1. The molecule has 0 aliphatic heterocycles. The van der Waals surface area contributed by atoms with Crippen LogP contribution in [0.15, 0.2) is 18.2 Å². The molecule has 0 unspecified atom stereocenters. The van der Waals surface area contributed by atoms with Gasteiger partial charge in [0.05, 0.1) is 6.61 Å². The Morgan fingerprint density at radius 1 is 1.24 bits per heavy atom. The largest absolute Gasteiger partial charge is 0.395 e. The number of aliphatic hydroxyl groups is 1. The smallest absolute Gasteiger partial charge is 0.313 e. The molecule has 2 amide bonds. The molecule has 1 aromatic carbocycles. The zero-order chi connectivity index (χ0) is 12.8. The maximum absolute atomic E-state index is 11.5. The molecule has 0 aliphatic carbocycles. The zero-order valence-corrected chi connectivity index (χ0v) is 9.91. The molecule has 0 fully saturated rings. The van der Waals surface area contributed by atoms with Gasteiger partial charge in [-0.1, -0.05) is 12.1 Å². The fraction of sp³-hybridized carbons (Fsp3) is 0.333. The number of rotatable bonds is 3. The van der Waals surface area contributed by atoms with Crippen molar-refractivity contribution in [2.45, 2.75) is 13.8 Å². The van der Waals surface area contributed by atoms with Crippen LogP contribution in [0.3, 0.4) is 0 Å². The summed E-state index contributed by atoms with van der Waals surface area (Å²) in [6.07, 6.45) is 0. The lowest BCUT2D eigenvalue weighted by Crippen LogP contribution is -2.36. The Labute approximate surface area is 99.8 Å². The number of anilines is 1. The third-order valence-corrected chi connectivity index (χ3v) is 2.24. The fourth-order valence-corrected chi connectivity index (χ4v) is 1.30. The molecule has 0 atom stereocenters. The van der Waals surface area contributed by atoms with Crippen LogP contribution in [0, 0.1) is 13.8 Å². The Morgan fingerprint density at radius 2 is 1.94 bits per heavy atom. The average Bonchev–Trinajstić information content (AvgIpc) is 2.30. The van der Waals surface area contributed by atoms with Gasteiger partial charge in [-0.05, 0) is 31.0 Å². The van der Waals surface area contributed by atoms with E-state index in [0.29, 0.717) is 5.69 Å². The van der Waals surface area contributed by atoms with Gasteiger partial charge in [-0.25, -0.2) is 0 Å². The van der Waals surface area contributed by atoms with Crippen molar-refractivity contribution in [3.05, 3.63) is 29.3 Å². The van der Waals surface area contributed by atoms with Crippen molar-refractivity contribution < 1.29 is 14.7 Å². The van der Waals surface area contributed by atoms with Gasteiger partial charge in [0, 0.05) is 12.2 Å². The Hall–Kier alpha value is -1.88. The maximum Gasteiger partial charge on any atom is 0.313 e. The van der Waals surface area contributed by atoms with Crippen LogP contribution < -0.4 is 10.6 Å². The van der Waals surface area contributed by atoms with Crippen LogP contribution in [0.25, 0.3) is 0 Å². The predicted octanol–water partition coefficient (Wildman–Crippen LogP) is 0.350. The molecule has 5 heteroatoms. The highest BCUT2D eigenvalue weighted by molar-refractivity contribution is 6.39. The summed E-state index contributed by atoms with van der Waals surface area (Å²) in [6, 6.07) is 5.60. The first-order valence-electron chi connectivity index (χ1n) is 5.32. The fourth-order valence-electron chi connectivity index (χ4n) is 1.30. The number of hydrogen-bond acceptors (Lipinski definition) is 3. The highest BCUT2D eigenvalue weighted by atomic mass is 16.3. The van der Waals surface area contributed by atoms with Gasteiger partial charge >= 0.3 is 11.8 Å². The van der Waals surface area contributed by atoms with Crippen molar-refractivity contribution in [1.29, 1.82) is 0 Å². The summed E-state index contributed by atoms with van der Waals surface area (Å²) in [5, 5.41) is 13.3. The first-order valence-corrected chi connectivity index (χ1v) is 5.32. The van der Waals surface area contributed by atoms with Crippen molar-refractivity contribution in [2.24, 2.45) is 0 Å². The van der Waals surface area contributed by atoms with E-state index in [1.54, 1.807) is 6.07 Å². The van der Waals surface area contributed by atoms with Gasteiger partial charge in [-0.2, -0.15) is 0 Å². The normalized spacial score (nSPS) is 9.82. The van der Waals surface area contributed by atoms with Gasteiger partial charge in [0.15, 0.2) is 0 Å². The summed E-state index contributed by atoms with van der Waals surface area (Å²) in [5.74, 6) is -1.48. The van der Waals surface area contributed by atoms with Crippen molar-refractivity contribution >= 4 is 17.5 Å². The highest BCUT2D eigenvalue weighted by Gasteiger charge is 2.13. The molecule has 3 N–H and O–H groups in total. The topological polar surface area (TPSA) is 78.4 Å². The molecule has 0 spiro atoms. The van der Waals surface area contributed by atoms with E-state index in [9.17, 15) is 9.59 Å².